The van der Waals surface area contributed by atoms with E-state index in [2.05, 4.69) is 20.5 Å². The number of guanidine groups is 1. The molecule has 2 aliphatic heterocycles. The lowest BCUT2D eigenvalue weighted by molar-refractivity contribution is -0.0494. The summed E-state index contributed by atoms with van der Waals surface area (Å²) in [5.41, 5.74) is -5.24. The fraction of sp³-hybridized carbons (Fsp3) is 0.933. The minimum atomic E-state index is -5.24. The summed E-state index contributed by atoms with van der Waals surface area (Å²) in [6.07, 6.45) is 4.36. The van der Waals surface area contributed by atoms with E-state index in [1.165, 1.54) is 19.3 Å². The molecule has 2 N–H and O–H groups in total. The van der Waals surface area contributed by atoms with Gasteiger partial charge in [0.25, 0.3) is 0 Å². The fourth-order valence-electron chi connectivity index (χ4n) is 3.29. The summed E-state index contributed by atoms with van der Waals surface area (Å²) in [5, 5.41) is 6.39. The van der Waals surface area contributed by atoms with Crippen LogP contribution in [-0.4, -0.2) is 81.4 Å². The van der Waals surface area contributed by atoms with Gasteiger partial charge in [0.2, 0.25) is 0 Å². The second-order valence-corrected chi connectivity index (χ2v) is 8.60. The molecule has 2 rings (SSSR count). The number of alkyl halides is 3. The largest absolute Gasteiger partial charge is 0.511 e. The number of piperidine rings is 2. The van der Waals surface area contributed by atoms with E-state index in [0.717, 1.165) is 26.2 Å². The standard InChI is InChI=1S/C15H28F3N5O2S.HI/c1-19-14(20-7-12-22-8-3-2-4-9-22)21-13-5-10-23(11-6-13)26(24,25)15(16,17)18;/h13H,2-12H2,1H3,(H2,19,20,21);1H. The van der Waals surface area contributed by atoms with E-state index < -0.39 is 15.5 Å². The summed E-state index contributed by atoms with van der Waals surface area (Å²) in [6, 6.07) is -0.101. The third-order valence-electron chi connectivity index (χ3n) is 4.82. The van der Waals surface area contributed by atoms with E-state index in [9.17, 15) is 21.6 Å². The van der Waals surface area contributed by atoms with Gasteiger partial charge in [-0.25, -0.2) is 8.42 Å². The molecule has 0 aromatic rings. The minimum absolute atomic E-state index is 0. The average molecular weight is 527 g/mol. The van der Waals surface area contributed by atoms with Gasteiger partial charge < -0.3 is 15.5 Å². The Morgan fingerprint density at radius 1 is 1.11 bits per heavy atom. The molecule has 0 aliphatic carbocycles. The highest BCUT2D eigenvalue weighted by molar-refractivity contribution is 14.0. The van der Waals surface area contributed by atoms with Gasteiger partial charge in [-0.3, -0.25) is 4.99 Å². The molecule has 0 unspecified atom stereocenters. The third kappa shape index (κ3) is 7.20. The summed E-state index contributed by atoms with van der Waals surface area (Å²) in [6.45, 7) is 3.58. The highest BCUT2D eigenvalue weighted by atomic mass is 127. The molecule has 0 atom stereocenters. The maximum Gasteiger partial charge on any atom is 0.511 e. The Labute approximate surface area is 176 Å². The Bertz CT molecular complexity index is 574. The zero-order valence-corrected chi connectivity index (χ0v) is 18.6. The summed E-state index contributed by atoms with van der Waals surface area (Å²) < 4.78 is 61.1. The number of hydrogen-bond donors (Lipinski definition) is 2. The first-order chi connectivity index (χ1) is 12.2. The smallest absolute Gasteiger partial charge is 0.355 e. The van der Waals surface area contributed by atoms with E-state index in [4.69, 9.17) is 0 Å². The van der Waals surface area contributed by atoms with Crippen LogP contribution >= 0.6 is 24.0 Å². The van der Waals surface area contributed by atoms with Crippen molar-refractivity contribution in [3.8, 4) is 0 Å². The second kappa shape index (κ2) is 11.0. The lowest BCUT2D eigenvalue weighted by atomic mass is 10.1. The number of aliphatic imine (C=N–C) groups is 1. The van der Waals surface area contributed by atoms with Crippen molar-refractivity contribution in [2.75, 3.05) is 46.3 Å². The topological polar surface area (TPSA) is 77.0 Å². The van der Waals surface area contributed by atoms with Crippen LogP contribution in [0, 0.1) is 0 Å². The fourth-order valence-corrected chi connectivity index (χ4v) is 4.27. The predicted octanol–water partition coefficient (Wildman–Crippen LogP) is 1.57. The Kier molecular flexibility index (Phi) is 10.1. The Hall–Kier alpha value is -0.340. The number of likely N-dealkylation sites (tertiary alicyclic amines) is 1. The quantitative estimate of drug-likeness (QED) is 0.323. The zero-order valence-electron chi connectivity index (χ0n) is 15.5. The van der Waals surface area contributed by atoms with Gasteiger partial charge in [-0.05, 0) is 38.8 Å². The van der Waals surface area contributed by atoms with Crippen LogP contribution in [0.4, 0.5) is 13.2 Å². The number of halogens is 4. The van der Waals surface area contributed by atoms with E-state index in [1.807, 2.05) is 0 Å². The van der Waals surface area contributed by atoms with Gasteiger partial charge in [0, 0.05) is 39.3 Å². The van der Waals surface area contributed by atoms with Gasteiger partial charge in [0.15, 0.2) is 5.96 Å². The Morgan fingerprint density at radius 3 is 2.22 bits per heavy atom. The first-order valence-corrected chi connectivity index (χ1v) is 10.4. The molecule has 0 saturated carbocycles. The van der Waals surface area contributed by atoms with Crippen LogP contribution in [0.5, 0.6) is 0 Å². The van der Waals surface area contributed by atoms with Crippen LogP contribution in [0.25, 0.3) is 0 Å². The second-order valence-electron chi connectivity index (χ2n) is 6.67. The van der Waals surface area contributed by atoms with Crippen molar-refractivity contribution in [3.05, 3.63) is 0 Å². The molecule has 0 spiro atoms. The van der Waals surface area contributed by atoms with Gasteiger partial charge in [0.1, 0.15) is 0 Å². The number of sulfonamides is 1. The average Bonchev–Trinajstić information content (AvgIpc) is 2.61. The van der Waals surface area contributed by atoms with E-state index in [0.29, 0.717) is 23.1 Å². The Morgan fingerprint density at radius 2 is 1.70 bits per heavy atom. The first kappa shape index (κ1) is 24.7. The summed E-state index contributed by atoms with van der Waals surface area (Å²) in [5.74, 6) is 0.596. The monoisotopic (exact) mass is 527 g/mol. The van der Waals surface area contributed by atoms with E-state index >= 15 is 0 Å². The van der Waals surface area contributed by atoms with Crippen molar-refractivity contribution in [1.82, 2.24) is 19.8 Å². The SMILES string of the molecule is CN=C(NCCN1CCCCC1)NC1CCN(S(=O)(=O)C(F)(F)F)CC1.I. The van der Waals surface area contributed by atoms with E-state index in [1.54, 1.807) is 7.05 Å². The van der Waals surface area contributed by atoms with E-state index in [-0.39, 0.29) is 43.1 Å². The number of nitrogens with one attached hydrogen (secondary N) is 2. The molecule has 27 heavy (non-hydrogen) atoms. The number of hydrogen-bond acceptors (Lipinski definition) is 4. The number of rotatable bonds is 5. The highest BCUT2D eigenvalue weighted by Crippen LogP contribution is 2.28. The minimum Gasteiger partial charge on any atom is -0.355 e. The van der Waals surface area contributed by atoms with Crippen molar-refractivity contribution in [2.45, 2.75) is 43.7 Å². The van der Waals surface area contributed by atoms with Gasteiger partial charge in [0.05, 0.1) is 0 Å². The number of nitrogens with zero attached hydrogens (tertiary/aromatic N) is 3. The molecule has 0 aromatic heterocycles. The van der Waals surface area contributed by atoms with Gasteiger partial charge in [-0.1, -0.05) is 6.42 Å². The van der Waals surface area contributed by atoms with Crippen LogP contribution < -0.4 is 10.6 Å². The lowest BCUT2D eigenvalue weighted by Gasteiger charge is -2.32. The molecular formula is C15H29F3IN5O2S. The van der Waals surface area contributed by atoms with Crippen molar-refractivity contribution >= 4 is 40.0 Å². The maximum absolute atomic E-state index is 12.6. The van der Waals surface area contributed by atoms with Gasteiger partial charge >= 0.3 is 15.5 Å². The molecule has 0 radical (unpaired) electrons. The summed E-state index contributed by atoms with van der Waals surface area (Å²) in [4.78, 5) is 6.53. The molecule has 12 heteroatoms. The van der Waals surface area contributed by atoms with Crippen LogP contribution in [0.2, 0.25) is 0 Å². The third-order valence-corrected chi connectivity index (χ3v) is 6.45. The van der Waals surface area contributed by atoms with Crippen molar-refractivity contribution in [3.63, 3.8) is 0 Å². The Balaban J connectivity index is 0.00000364. The molecule has 0 amide bonds. The van der Waals surface area contributed by atoms with Crippen LogP contribution in [0.15, 0.2) is 4.99 Å². The van der Waals surface area contributed by atoms with Crippen LogP contribution in [-0.2, 0) is 10.0 Å². The molecule has 2 fully saturated rings. The maximum atomic E-state index is 12.6. The normalized spacial score (nSPS) is 21.6. The van der Waals surface area contributed by atoms with Crippen LogP contribution in [0.1, 0.15) is 32.1 Å². The molecule has 160 valence electrons. The molecule has 2 aliphatic rings. The van der Waals surface area contributed by atoms with Crippen molar-refractivity contribution in [2.24, 2.45) is 4.99 Å². The molecular weight excluding hydrogens is 498 g/mol. The summed E-state index contributed by atoms with van der Waals surface area (Å²) in [7, 11) is -3.59. The van der Waals surface area contributed by atoms with Crippen molar-refractivity contribution in [1.29, 1.82) is 0 Å². The first-order valence-electron chi connectivity index (χ1n) is 9.00. The van der Waals surface area contributed by atoms with Gasteiger partial charge in [-0.15, -0.1) is 24.0 Å². The molecule has 0 bridgehead atoms. The molecule has 0 aromatic carbocycles. The van der Waals surface area contributed by atoms with Crippen LogP contribution in [0.3, 0.4) is 0 Å². The zero-order chi connectivity index (χ0) is 19.2. The van der Waals surface area contributed by atoms with Crippen molar-refractivity contribution < 1.29 is 21.6 Å². The molecule has 2 saturated heterocycles. The van der Waals surface area contributed by atoms with Gasteiger partial charge in [-0.2, -0.15) is 17.5 Å². The summed E-state index contributed by atoms with van der Waals surface area (Å²) >= 11 is 0. The predicted molar refractivity (Wildman–Crippen MR) is 110 cm³/mol. The molecule has 2 heterocycles. The molecule has 7 nitrogen and oxygen atoms in total. The highest BCUT2D eigenvalue weighted by Gasteiger charge is 2.50. The lowest BCUT2D eigenvalue weighted by Crippen LogP contribution is -2.52.